The molecule has 3 rings (SSSR count). The molecule has 0 aliphatic rings. The van der Waals surface area contributed by atoms with Crippen LogP contribution in [0.3, 0.4) is 0 Å². The predicted molar refractivity (Wildman–Crippen MR) is 91.8 cm³/mol. The molecule has 0 fully saturated rings. The second-order valence-electron chi connectivity index (χ2n) is 6.08. The van der Waals surface area contributed by atoms with Crippen molar-refractivity contribution in [1.82, 2.24) is 4.98 Å². The maximum Gasteiger partial charge on any atom is 0.273 e. The molecule has 0 amide bonds. The second-order valence-corrected chi connectivity index (χ2v) is 6.08. The number of aliphatic hydroxyl groups is 1. The average Bonchev–Trinajstić information content (AvgIpc) is 2.90. The Balaban J connectivity index is 2.33. The molecule has 0 radical (unpaired) electrons. The summed E-state index contributed by atoms with van der Waals surface area (Å²) < 4.78 is 0. The van der Waals surface area contributed by atoms with Gasteiger partial charge in [-0.2, -0.15) is 0 Å². The number of nitrogens with zero attached hydrogens (tertiary/aromatic N) is 1. The van der Waals surface area contributed by atoms with Gasteiger partial charge in [0.05, 0.1) is 16.5 Å². The fourth-order valence-electron chi connectivity index (χ4n) is 3.25. The molecule has 2 N–H and O–H groups in total. The summed E-state index contributed by atoms with van der Waals surface area (Å²) in [4.78, 5) is 14.3. The number of aromatic amines is 1. The van der Waals surface area contributed by atoms with Gasteiger partial charge in [-0.05, 0) is 43.5 Å². The summed E-state index contributed by atoms with van der Waals surface area (Å²) in [7, 11) is 0. The van der Waals surface area contributed by atoms with E-state index < -0.39 is 6.10 Å². The minimum atomic E-state index is -0.505. The molecule has 1 aromatic heterocycles. The van der Waals surface area contributed by atoms with Crippen molar-refractivity contribution in [3.05, 3.63) is 51.1 Å². The largest absolute Gasteiger partial charge is 0.388 e. The van der Waals surface area contributed by atoms with Crippen LogP contribution in [-0.2, 0) is 0 Å². The maximum atomic E-state index is 11.3. The lowest BCUT2D eigenvalue weighted by molar-refractivity contribution is -0.385. The number of fused-ring (bicyclic) bond motifs is 3. The number of nitrogens with one attached hydrogen (secondary N) is 1. The minimum absolute atomic E-state index is 0.135. The highest BCUT2D eigenvalue weighted by atomic mass is 16.6. The lowest BCUT2D eigenvalue weighted by atomic mass is 9.99. The Hall–Kier alpha value is -2.40. The Morgan fingerprint density at radius 1 is 1.30 bits per heavy atom. The number of H-pyrrole nitrogens is 1. The van der Waals surface area contributed by atoms with Gasteiger partial charge in [-0.3, -0.25) is 10.1 Å². The van der Waals surface area contributed by atoms with Crippen molar-refractivity contribution in [1.29, 1.82) is 0 Å². The molecule has 1 heterocycles. The fraction of sp³-hybridized carbons (Fsp3) is 0.333. The Morgan fingerprint density at radius 2 is 2.04 bits per heavy atom. The maximum absolute atomic E-state index is 11.3. The third kappa shape index (κ3) is 2.47. The van der Waals surface area contributed by atoms with Gasteiger partial charge in [0.1, 0.15) is 0 Å². The zero-order valence-corrected chi connectivity index (χ0v) is 13.5. The van der Waals surface area contributed by atoms with Gasteiger partial charge < -0.3 is 10.1 Å². The topological polar surface area (TPSA) is 79.2 Å². The van der Waals surface area contributed by atoms with Gasteiger partial charge in [0.15, 0.2) is 0 Å². The Kier molecular flexibility index (Phi) is 3.82. The minimum Gasteiger partial charge on any atom is -0.388 e. The van der Waals surface area contributed by atoms with Crippen molar-refractivity contribution in [2.24, 2.45) is 0 Å². The molecule has 1 atom stereocenters. The monoisotopic (exact) mass is 312 g/mol. The number of hydrogen-bond acceptors (Lipinski definition) is 3. The third-order valence-corrected chi connectivity index (χ3v) is 4.47. The van der Waals surface area contributed by atoms with Crippen LogP contribution in [0.4, 0.5) is 5.69 Å². The quantitative estimate of drug-likeness (QED) is 0.542. The van der Waals surface area contributed by atoms with E-state index >= 15 is 0 Å². The van der Waals surface area contributed by atoms with Gasteiger partial charge in [-0.1, -0.05) is 19.4 Å². The smallest absolute Gasteiger partial charge is 0.273 e. The van der Waals surface area contributed by atoms with Crippen molar-refractivity contribution in [3.8, 4) is 0 Å². The Labute approximate surface area is 134 Å². The van der Waals surface area contributed by atoms with E-state index in [9.17, 15) is 15.2 Å². The van der Waals surface area contributed by atoms with E-state index in [1.165, 1.54) is 0 Å². The normalized spacial score (nSPS) is 12.9. The van der Waals surface area contributed by atoms with Crippen LogP contribution in [0.25, 0.3) is 21.8 Å². The van der Waals surface area contributed by atoms with E-state index in [1.807, 2.05) is 32.0 Å². The lowest BCUT2D eigenvalue weighted by Crippen LogP contribution is -1.96. The lowest BCUT2D eigenvalue weighted by Gasteiger charge is -2.09. The molecule has 0 aliphatic heterocycles. The number of benzene rings is 2. The summed E-state index contributed by atoms with van der Waals surface area (Å²) in [5, 5.41) is 23.3. The van der Waals surface area contributed by atoms with Crippen molar-refractivity contribution in [3.63, 3.8) is 0 Å². The van der Waals surface area contributed by atoms with Gasteiger partial charge in [-0.25, -0.2) is 0 Å². The van der Waals surface area contributed by atoms with Crippen LogP contribution in [-0.4, -0.2) is 15.0 Å². The zero-order valence-electron chi connectivity index (χ0n) is 13.5. The average molecular weight is 312 g/mol. The van der Waals surface area contributed by atoms with Gasteiger partial charge >= 0.3 is 0 Å². The number of rotatable bonds is 4. The summed E-state index contributed by atoms with van der Waals surface area (Å²) in [5.41, 5.74) is 4.34. The number of nitro groups is 1. The summed E-state index contributed by atoms with van der Waals surface area (Å²) in [6.45, 7) is 5.68. The van der Waals surface area contributed by atoms with E-state index in [0.717, 1.165) is 39.4 Å². The number of nitro benzene ring substituents is 1. The van der Waals surface area contributed by atoms with Crippen molar-refractivity contribution < 1.29 is 10.0 Å². The number of aliphatic hydroxyl groups excluding tert-OH is 1. The molecular weight excluding hydrogens is 292 g/mol. The molecule has 0 saturated heterocycles. The SMILES string of the molecule is CCCC(O)c1ccc2[nH]c3c(C)cc([N+](=O)[O-])c(C)c3c2c1. The molecule has 0 aliphatic carbocycles. The summed E-state index contributed by atoms with van der Waals surface area (Å²) in [5.74, 6) is 0. The zero-order chi connectivity index (χ0) is 16.7. The highest BCUT2D eigenvalue weighted by molar-refractivity contribution is 6.11. The molecule has 1 unspecified atom stereocenters. The number of hydrogen-bond donors (Lipinski definition) is 2. The summed E-state index contributed by atoms with van der Waals surface area (Å²) >= 11 is 0. The molecule has 23 heavy (non-hydrogen) atoms. The Bertz CT molecular complexity index is 912. The van der Waals surface area contributed by atoms with Gasteiger partial charge in [-0.15, -0.1) is 0 Å². The van der Waals surface area contributed by atoms with Crippen LogP contribution in [0.5, 0.6) is 0 Å². The second kappa shape index (κ2) is 5.66. The van der Waals surface area contributed by atoms with Gasteiger partial charge in [0, 0.05) is 27.9 Å². The summed E-state index contributed by atoms with van der Waals surface area (Å²) in [6, 6.07) is 7.41. The van der Waals surface area contributed by atoms with E-state index in [4.69, 9.17) is 0 Å². The first kappa shape index (κ1) is 15.5. The first-order valence-corrected chi connectivity index (χ1v) is 7.82. The summed E-state index contributed by atoms with van der Waals surface area (Å²) in [6.07, 6.45) is 1.09. The Morgan fingerprint density at radius 3 is 2.70 bits per heavy atom. The first-order chi connectivity index (χ1) is 10.9. The third-order valence-electron chi connectivity index (χ3n) is 4.47. The van der Waals surface area contributed by atoms with Gasteiger partial charge in [0.25, 0.3) is 5.69 Å². The molecule has 5 nitrogen and oxygen atoms in total. The van der Waals surface area contributed by atoms with Crippen molar-refractivity contribution in [2.75, 3.05) is 0 Å². The van der Waals surface area contributed by atoms with Crippen molar-refractivity contribution >= 4 is 27.5 Å². The van der Waals surface area contributed by atoms with Crippen LogP contribution in [0.2, 0.25) is 0 Å². The fourth-order valence-corrected chi connectivity index (χ4v) is 3.25. The van der Waals surface area contributed by atoms with Crippen LogP contribution in [0, 0.1) is 24.0 Å². The standard InChI is InChI=1S/C18H20N2O3/c1-4-5-16(21)12-6-7-14-13(9-12)17-11(3)15(20(22)23)8-10(2)18(17)19-14/h6-9,16,19,21H,4-5H2,1-3H3. The molecule has 3 aromatic rings. The predicted octanol–water partition coefficient (Wildman–Crippen LogP) is 4.68. The molecular formula is C18H20N2O3. The highest BCUT2D eigenvalue weighted by Gasteiger charge is 2.19. The van der Waals surface area contributed by atoms with Crippen molar-refractivity contribution in [2.45, 2.75) is 39.7 Å². The van der Waals surface area contributed by atoms with E-state index in [0.29, 0.717) is 12.0 Å². The van der Waals surface area contributed by atoms with E-state index in [2.05, 4.69) is 4.98 Å². The molecule has 0 saturated carbocycles. The van der Waals surface area contributed by atoms with Crippen LogP contribution in [0.1, 0.15) is 42.6 Å². The molecule has 2 aromatic carbocycles. The van der Waals surface area contributed by atoms with E-state index in [1.54, 1.807) is 13.0 Å². The van der Waals surface area contributed by atoms with Crippen LogP contribution < -0.4 is 0 Å². The number of aromatic nitrogens is 1. The number of aryl methyl sites for hydroxylation is 2. The molecule has 0 spiro atoms. The molecule has 120 valence electrons. The molecule has 0 bridgehead atoms. The van der Waals surface area contributed by atoms with E-state index in [-0.39, 0.29) is 10.6 Å². The first-order valence-electron chi connectivity index (χ1n) is 7.82. The van der Waals surface area contributed by atoms with Crippen LogP contribution >= 0.6 is 0 Å². The highest BCUT2D eigenvalue weighted by Crippen LogP contribution is 2.36. The molecule has 5 heteroatoms. The van der Waals surface area contributed by atoms with Crippen LogP contribution in [0.15, 0.2) is 24.3 Å². The van der Waals surface area contributed by atoms with Gasteiger partial charge in [0.2, 0.25) is 0 Å².